The Bertz CT molecular complexity index is 746. The Labute approximate surface area is 116 Å². The lowest BCUT2D eigenvalue weighted by Gasteiger charge is -2.12. The Hall–Kier alpha value is -2.53. The number of nitrogens with zero attached hydrogens (tertiary/aromatic N) is 3. The minimum Gasteiger partial charge on any atom is -0.477 e. The van der Waals surface area contributed by atoms with Gasteiger partial charge in [-0.3, -0.25) is 9.40 Å². The zero-order valence-corrected chi connectivity index (χ0v) is 11.5. The van der Waals surface area contributed by atoms with E-state index in [1.165, 1.54) is 24.0 Å². The zero-order valence-electron chi connectivity index (χ0n) is 10.6. The quantitative estimate of drug-likeness (QED) is 0.890. The molecule has 0 amide bonds. The normalized spacial score (nSPS) is 10.8. The smallest absolute Gasteiger partial charge is 0.279 e. The van der Waals surface area contributed by atoms with Crippen LogP contribution in [-0.2, 0) is 17.1 Å². The van der Waals surface area contributed by atoms with Gasteiger partial charge in [-0.15, -0.1) is 0 Å². The molecule has 0 unspecified atom stereocenters. The SMILES string of the molecule is Cn1nccc1S(=O)(=O)Nc1ccccc1OCC#N. The van der Waals surface area contributed by atoms with Gasteiger partial charge in [-0.25, -0.2) is 0 Å². The van der Waals surface area contributed by atoms with Crippen molar-refractivity contribution in [1.82, 2.24) is 9.78 Å². The van der Waals surface area contributed by atoms with E-state index in [-0.39, 0.29) is 17.3 Å². The van der Waals surface area contributed by atoms with E-state index in [0.29, 0.717) is 5.75 Å². The van der Waals surface area contributed by atoms with Crippen molar-refractivity contribution in [3.05, 3.63) is 36.5 Å². The number of rotatable bonds is 5. The number of para-hydroxylation sites is 2. The fourth-order valence-corrected chi connectivity index (χ4v) is 2.81. The highest BCUT2D eigenvalue weighted by Gasteiger charge is 2.19. The number of nitriles is 1. The number of anilines is 1. The molecule has 0 atom stereocenters. The number of hydrogen-bond acceptors (Lipinski definition) is 5. The second-order valence-electron chi connectivity index (χ2n) is 3.84. The van der Waals surface area contributed by atoms with Crippen LogP contribution in [0.5, 0.6) is 5.75 Å². The van der Waals surface area contributed by atoms with Gasteiger partial charge in [0.2, 0.25) is 0 Å². The topological polar surface area (TPSA) is 97.0 Å². The molecule has 0 radical (unpaired) electrons. The van der Waals surface area contributed by atoms with Crippen LogP contribution in [0, 0.1) is 11.3 Å². The highest BCUT2D eigenvalue weighted by molar-refractivity contribution is 7.92. The first-order valence-corrected chi connectivity index (χ1v) is 7.12. The number of aromatic nitrogens is 2. The second kappa shape index (κ2) is 5.63. The molecule has 2 rings (SSSR count). The van der Waals surface area contributed by atoms with Crippen LogP contribution < -0.4 is 9.46 Å². The average Bonchev–Trinajstić information content (AvgIpc) is 2.84. The molecule has 2 aromatic rings. The maximum absolute atomic E-state index is 12.2. The van der Waals surface area contributed by atoms with Crippen LogP contribution in [0.1, 0.15) is 0 Å². The molecule has 0 saturated carbocycles. The first kappa shape index (κ1) is 13.9. The van der Waals surface area contributed by atoms with Gasteiger partial charge in [-0.1, -0.05) is 12.1 Å². The molecule has 7 nitrogen and oxygen atoms in total. The molecular formula is C12H12N4O3S. The van der Waals surface area contributed by atoms with Crippen molar-refractivity contribution in [3.63, 3.8) is 0 Å². The van der Waals surface area contributed by atoms with E-state index in [1.807, 2.05) is 6.07 Å². The van der Waals surface area contributed by atoms with Crippen molar-refractivity contribution in [2.75, 3.05) is 11.3 Å². The standard InChI is InChI=1S/C12H12N4O3S/c1-16-12(6-8-14-16)20(17,18)15-10-4-2-3-5-11(10)19-9-7-13/h2-6,8,15H,9H2,1H3. The summed E-state index contributed by atoms with van der Waals surface area (Å²) in [7, 11) is -2.23. The zero-order chi connectivity index (χ0) is 14.6. The lowest BCUT2D eigenvalue weighted by molar-refractivity contribution is 0.370. The molecule has 20 heavy (non-hydrogen) atoms. The van der Waals surface area contributed by atoms with Gasteiger partial charge in [-0.05, 0) is 18.2 Å². The summed E-state index contributed by atoms with van der Waals surface area (Å²) in [5.41, 5.74) is 0.268. The molecule has 1 N–H and O–H groups in total. The summed E-state index contributed by atoms with van der Waals surface area (Å²) < 4.78 is 33.3. The number of sulfonamides is 1. The van der Waals surface area contributed by atoms with E-state index < -0.39 is 10.0 Å². The maximum Gasteiger partial charge on any atom is 0.279 e. The minimum atomic E-state index is -3.76. The third kappa shape index (κ3) is 2.89. The van der Waals surface area contributed by atoms with Gasteiger partial charge >= 0.3 is 0 Å². The molecule has 0 saturated heterocycles. The highest BCUT2D eigenvalue weighted by atomic mass is 32.2. The summed E-state index contributed by atoms with van der Waals surface area (Å²) in [6, 6.07) is 9.71. The van der Waals surface area contributed by atoms with Crippen molar-refractivity contribution >= 4 is 15.7 Å². The van der Waals surface area contributed by atoms with Gasteiger partial charge in [-0.2, -0.15) is 18.8 Å². The summed E-state index contributed by atoms with van der Waals surface area (Å²) >= 11 is 0. The van der Waals surface area contributed by atoms with Gasteiger partial charge in [0.15, 0.2) is 11.6 Å². The van der Waals surface area contributed by atoms with E-state index in [4.69, 9.17) is 10.00 Å². The maximum atomic E-state index is 12.2. The molecule has 1 heterocycles. The molecule has 0 aliphatic heterocycles. The summed E-state index contributed by atoms with van der Waals surface area (Å²) in [4.78, 5) is 0. The summed E-state index contributed by atoms with van der Waals surface area (Å²) in [6.07, 6.45) is 1.40. The largest absolute Gasteiger partial charge is 0.477 e. The number of aryl methyl sites for hydroxylation is 1. The lowest BCUT2D eigenvalue weighted by atomic mass is 10.3. The van der Waals surface area contributed by atoms with E-state index >= 15 is 0 Å². The van der Waals surface area contributed by atoms with Crippen molar-refractivity contribution in [3.8, 4) is 11.8 Å². The molecular weight excluding hydrogens is 280 g/mol. The second-order valence-corrected chi connectivity index (χ2v) is 5.47. The van der Waals surface area contributed by atoms with Crippen LogP contribution in [0.2, 0.25) is 0 Å². The molecule has 0 aliphatic carbocycles. The van der Waals surface area contributed by atoms with E-state index in [1.54, 1.807) is 24.3 Å². The van der Waals surface area contributed by atoms with Gasteiger partial charge in [0.1, 0.15) is 11.8 Å². The predicted molar refractivity (Wildman–Crippen MR) is 71.6 cm³/mol. The Morgan fingerprint density at radius 2 is 2.15 bits per heavy atom. The van der Waals surface area contributed by atoms with E-state index in [0.717, 1.165) is 0 Å². The van der Waals surface area contributed by atoms with Gasteiger partial charge < -0.3 is 4.74 Å². The van der Waals surface area contributed by atoms with Crippen LogP contribution in [0.25, 0.3) is 0 Å². The van der Waals surface area contributed by atoms with Crippen LogP contribution in [0.3, 0.4) is 0 Å². The summed E-state index contributed by atoms with van der Waals surface area (Å²) in [6.45, 7) is -0.162. The van der Waals surface area contributed by atoms with Crippen molar-refractivity contribution in [2.24, 2.45) is 7.05 Å². The van der Waals surface area contributed by atoms with E-state index in [2.05, 4.69) is 9.82 Å². The molecule has 0 bridgehead atoms. The number of ether oxygens (including phenoxy) is 1. The lowest BCUT2D eigenvalue weighted by Crippen LogP contribution is -2.17. The number of benzene rings is 1. The Balaban J connectivity index is 2.31. The Morgan fingerprint density at radius 3 is 2.80 bits per heavy atom. The van der Waals surface area contributed by atoms with Crippen LogP contribution >= 0.6 is 0 Å². The van der Waals surface area contributed by atoms with Crippen LogP contribution in [0.4, 0.5) is 5.69 Å². The molecule has 0 spiro atoms. The minimum absolute atomic E-state index is 0.0348. The monoisotopic (exact) mass is 292 g/mol. The molecule has 0 aliphatic rings. The Morgan fingerprint density at radius 1 is 1.40 bits per heavy atom. The average molecular weight is 292 g/mol. The van der Waals surface area contributed by atoms with Gasteiger partial charge in [0.05, 0.1) is 11.9 Å². The van der Waals surface area contributed by atoms with Crippen molar-refractivity contribution < 1.29 is 13.2 Å². The van der Waals surface area contributed by atoms with Crippen LogP contribution in [-0.4, -0.2) is 24.8 Å². The predicted octanol–water partition coefficient (Wildman–Crippen LogP) is 1.12. The van der Waals surface area contributed by atoms with E-state index in [9.17, 15) is 8.42 Å². The van der Waals surface area contributed by atoms with Gasteiger partial charge in [0, 0.05) is 7.05 Å². The summed E-state index contributed by atoms with van der Waals surface area (Å²) in [5, 5.41) is 12.4. The molecule has 1 aromatic carbocycles. The first-order chi connectivity index (χ1) is 9.54. The Kier molecular flexibility index (Phi) is 3.91. The number of hydrogen-bond donors (Lipinski definition) is 1. The molecule has 104 valence electrons. The fourth-order valence-electron chi connectivity index (χ4n) is 1.61. The third-order valence-corrected chi connectivity index (χ3v) is 3.91. The van der Waals surface area contributed by atoms with Crippen molar-refractivity contribution in [2.45, 2.75) is 5.03 Å². The first-order valence-electron chi connectivity index (χ1n) is 5.64. The van der Waals surface area contributed by atoms with Crippen LogP contribution in [0.15, 0.2) is 41.6 Å². The van der Waals surface area contributed by atoms with Crippen molar-refractivity contribution in [1.29, 1.82) is 5.26 Å². The number of nitrogens with one attached hydrogen (secondary N) is 1. The molecule has 1 aromatic heterocycles. The summed E-state index contributed by atoms with van der Waals surface area (Å²) in [5.74, 6) is 0.291. The van der Waals surface area contributed by atoms with Gasteiger partial charge in [0.25, 0.3) is 10.0 Å². The molecule has 8 heteroatoms. The highest BCUT2D eigenvalue weighted by Crippen LogP contribution is 2.26. The molecule has 0 fully saturated rings. The fraction of sp³-hybridized carbons (Fsp3) is 0.167. The third-order valence-electron chi connectivity index (χ3n) is 2.47.